The van der Waals surface area contributed by atoms with E-state index >= 15 is 0 Å². The second-order valence-corrected chi connectivity index (χ2v) is 3.54. The molecule has 0 aliphatic carbocycles. The van der Waals surface area contributed by atoms with Gasteiger partial charge in [-0.25, -0.2) is 9.59 Å². The molecule has 2 unspecified atom stereocenters. The maximum atomic E-state index is 11.3. The number of hydrogen-bond donors (Lipinski definition) is 4. The first-order valence-corrected chi connectivity index (χ1v) is 5.21. The van der Waals surface area contributed by atoms with Crippen molar-refractivity contribution in [3.63, 3.8) is 0 Å². The van der Waals surface area contributed by atoms with E-state index in [0.717, 1.165) is 0 Å². The van der Waals surface area contributed by atoms with Crippen molar-refractivity contribution in [3.05, 3.63) is 12.2 Å². The summed E-state index contributed by atoms with van der Waals surface area (Å²) >= 11 is 0. The number of carbonyl (C=O) groups excluding carboxylic acids is 1. The molecule has 0 saturated carbocycles. The first-order chi connectivity index (χ1) is 8.50. The van der Waals surface area contributed by atoms with Crippen molar-refractivity contribution >= 4 is 12.0 Å². The van der Waals surface area contributed by atoms with Crippen molar-refractivity contribution in [2.75, 3.05) is 6.54 Å². The standard InChI is InChI=1S/C9H14N4O5/c1-5(14)7(8(15)16)13-9(17)10-3-2-6-11-4-12-18-6/h4-5,7,14H,2-3H2,1H3,(H,15,16)(H2,10,13,17). The van der Waals surface area contributed by atoms with Crippen molar-refractivity contribution < 1.29 is 24.3 Å². The molecule has 9 heteroatoms. The Balaban J connectivity index is 2.30. The number of amides is 2. The van der Waals surface area contributed by atoms with Crippen molar-refractivity contribution in [3.8, 4) is 0 Å². The number of carboxylic acid groups (broad SMARTS) is 1. The summed E-state index contributed by atoms with van der Waals surface area (Å²) in [4.78, 5) is 25.8. The SMILES string of the molecule is CC(O)C(NC(=O)NCCc1ncno1)C(=O)O. The minimum absolute atomic E-state index is 0.209. The van der Waals surface area contributed by atoms with Crippen LogP contribution in [0.2, 0.25) is 0 Å². The average molecular weight is 258 g/mol. The quantitative estimate of drug-likeness (QED) is 0.500. The molecule has 1 rings (SSSR count). The van der Waals surface area contributed by atoms with Gasteiger partial charge >= 0.3 is 12.0 Å². The zero-order valence-corrected chi connectivity index (χ0v) is 9.66. The molecule has 0 aromatic carbocycles. The molecule has 0 bridgehead atoms. The van der Waals surface area contributed by atoms with Crippen molar-refractivity contribution in [1.82, 2.24) is 20.8 Å². The van der Waals surface area contributed by atoms with Crippen molar-refractivity contribution in [2.45, 2.75) is 25.5 Å². The molecule has 2 atom stereocenters. The highest BCUT2D eigenvalue weighted by atomic mass is 16.5. The van der Waals surface area contributed by atoms with Crippen LogP contribution in [-0.2, 0) is 11.2 Å². The number of nitrogens with zero attached hydrogens (tertiary/aromatic N) is 2. The van der Waals surface area contributed by atoms with Gasteiger partial charge in [-0.3, -0.25) is 0 Å². The molecule has 0 aliphatic heterocycles. The van der Waals surface area contributed by atoms with Gasteiger partial charge in [-0.15, -0.1) is 0 Å². The Morgan fingerprint density at radius 3 is 2.78 bits per heavy atom. The lowest BCUT2D eigenvalue weighted by Gasteiger charge is -2.17. The number of rotatable bonds is 6. The summed E-state index contributed by atoms with van der Waals surface area (Å²) in [7, 11) is 0. The van der Waals surface area contributed by atoms with Crippen LogP contribution in [0.1, 0.15) is 12.8 Å². The van der Waals surface area contributed by atoms with Crippen LogP contribution in [0.25, 0.3) is 0 Å². The third-order valence-corrected chi connectivity index (χ3v) is 2.07. The maximum absolute atomic E-state index is 11.3. The Morgan fingerprint density at radius 2 is 2.28 bits per heavy atom. The molecular formula is C9H14N4O5. The molecule has 1 heterocycles. The van der Waals surface area contributed by atoms with E-state index in [2.05, 4.69) is 20.8 Å². The van der Waals surface area contributed by atoms with Crippen LogP contribution in [0, 0.1) is 0 Å². The van der Waals surface area contributed by atoms with Crippen LogP contribution in [0.5, 0.6) is 0 Å². The van der Waals surface area contributed by atoms with Gasteiger partial charge in [0.1, 0.15) is 0 Å². The topological polar surface area (TPSA) is 138 Å². The third kappa shape index (κ3) is 4.37. The van der Waals surface area contributed by atoms with E-state index in [9.17, 15) is 9.59 Å². The number of aliphatic hydroxyl groups is 1. The second-order valence-electron chi connectivity index (χ2n) is 3.54. The van der Waals surface area contributed by atoms with Gasteiger partial charge in [0.25, 0.3) is 0 Å². The van der Waals surface area contributed by atoms with Crippen molar-refractivity contribution in [2.24, 2.45) is 0 Å². The highest BCUT2D eigenvalue weighted by Gasteiger charge is 2.24. The monoisotopic (exact) mass is 258 g/mol. The summed E-state index contributed by atoms with van der Waals surface area (Å²) in [6, 6.07) is -2.05. The zero-order valence-electron chi connectivity index (χ0n) is 9.66. The zero-order chi connectivity index (χ0) is 13.5. The fourth-order valence-electron chi connectivity index (χ4n) is 1.17. The molecular weight excluding hydrogens is 244 g/mol. The summed E-state index contributed by atoms with van der Waals surface area (Å²) in [5, 5.41) is 25.8. The van der Waals surface area contributed by atoms with Gasteiger partial charge in [0.2, 0.25) is 5.89 Å². The Morgan fingerprint density at radius 1 is 1.56 bits per heavy atom. The number of carbonyl (C=O) groups is 2. The van der Waals surface area contributed by atoms with E-state index in [1.165, 1.54) is 13.3 Å². The maximum Gasteiger partial charge on any atom is 0.328 e. The molecule has 1 aromatic rings. The normalized spacial score (nSPS) is 13.7. The molecule has 1 aromatic heterocycles. The number of carboxylic acids is 1. The fraction of sp³-hybridized carbons (Fsp3) is 0.556. The predicted molar refractivity (Wildman–Crippen MR) is 57.6 cm³/mol. The van der Waals surface area contributed by atoms with E-state index in [1.807, 2.05) is 0 Å². The van der Waals surface area contributed by atoms with E-state index < -0.39 is 24.1 Å². The summed E-state index contributed by atoms with van der Waals surface area (Å²) < 4.78 is 4.71. The first-order valence-electron chi connectivity index (χ1n) is 5.21. The lowest BCUT2D eigenvalue weighted by molar-refractivity contribution is -0.141. The Kier molecular flexibility index (Phi) is 5.06. The number of aromatic nitrogens is 2. The molecule has 0 radical (unpaired) electrons. The number of aliphatic carboxylic acids is 1. The first kappa shape index (κ1) is 13.9. The Bertz CT molecular complexity index is 392. The van der Waals surface area contributed by atoms with Gasteiger partial charge < -0.3 is 25.4 Å². The summed E-state index contributed by atoms with van der Waals surface area (Å²) in [5.41, 5.74) is 0. The minimum atomic E-state index is -1.35. The van der Waals surface area contributed by atoms with Gasteiger partial charge in [0, 0.05) is 13.0 Å². The molecule has 0 fully saturated rings. The Labute approximate surface area is 102 Å². The lowest BCUT2D eigenvalue weighted by Crippen LogP contribution is -2.51. The number of nitrogens with one attached hydrogen (secondary N) is 2. The average Bonchev–Trinajstić information content (AvgIpc) is 2.78. The largest absolute Gasteiger partial charge is 0.480 e. The number of urea groups is 1. The van der Waals surface area contributed by atoms with Gasteiger partial charge in [0.05, 0.1) is 6.10 Å². The van der Waals surface area contributed by atoms with E-state index in [1.54, 1.807) is 0 Å². The molecule has 18 heavy (non-hydrogen) atoms. The second kappa shape index (κ2) is 6.55. The highest BCUT2D eigenvalue weighted by molar-refractivity contribution is 5.82. The third-order valence-electron chi connectivity index (χ3n) is 2.07. The van der Waals surface area contributed by atoms with Gasteiger partial charge in [-0.1, -0.05) is 5.16 Å². The molecule has 0 aliphatic rings. The molecule has 9 nitrogen and oxygen atoms in total. The van der Waals surface area contributed by atoms with E-state index in [4.69, 9.17) is 14.7 Å². The number of aliphatic hydroxyl groups excluding tert-OH is 1. The lowest BCUT2D eigenvalue weighted by atomic mass is 10.2. The van der Waals surface area contributed by atoms with E-state index in [-0.39, 0.29) is 6.54 Å². The van der Waals surface area contributed by atoms with Crippen LogP contribution in [0.3, 0.4) is 0 Å². The molecule has 4 N–H and O–H groups in total. The molecule has 0 saturated heterocycles. The summed E-state index contributed by atoms with van der Waals surface area (Å²) in [6.07, 6.45) is 0.382. The molecule has 100 valence electrons. The molecule has 2 amide bonds. The van der Waals surface area contributed by atoms with E-state index in [0.29, 0.717) is 12.3 Å². The summed E-state index contributed by atoms with van der Waals surface area (Å²) in [6.45, 7) is 1.48. The predicted octanol–water partition coefficient (Wildman–Crippen LogP) is -1.25. The number of hydrogen-bond acceptors (Lipinski definition) is 6. The van der Waals surface area contributed by atoms with Gasteiger partial charge in [-0.05, 0) is 6.92 Å². The van der Waals surface area contributed by atoms with Crippen LogP contribution in [0.15, 0.2) is 10.9 Å². The fourth-order valence-corrected chi connectivity index (χ4v) is 1.17. The van der Waals surface area contributed by atoms with Gasteiger partial charge in [-0.2, -0.15) is 4.98 Å². The minimum Gasteiger partial charge on any atom is -0.480 e. The smallest absolute Gasteiger partial charge is 0.328 e. The highest BCUT2D eigenvalue weighted by Crippen LogP contribution is 1.93. The van der Waals surface area contributed by atoms with Crippen LogP contribution >= 0.6 is 0 Å². The van der Waals surface area contributed by atoms with Crippen molar-refractivity contribution in [1.29, 1.82) is 0 Å². The van der Waals surface area contributed by atoms with Crippen LogP contribution in [-0.4, -0.2) is 51.0 Å². The van der Waals surface area contributed by atoms with Gasteiger partial charge in [0.15, 0.2) is 12.4 Å². The van der Waals surface area contributed by atoms with Crippen LogP contribution < -0.4 is 10.6 Å². The molecule has 0 spiro atoms. The summed E-state index contributed by atoms with van der Waals surface area (Å²) in [5.74, 6) is -0.947. The Hall–Kier alpha value is -2.16. The van der Waals surface area contributed by atoms with Crippen LogP contribution in [0.4, 0.5) is 4.79 Å².